The van der Waals surface area contributed by atoms with Gasteiger partial charge in [-0.15, -0.1) is 0 Å². The molecule has 3 rings (SSSR count). The van der Waals surface area contributed by atoms with Crippen LogP contribution in [0, 0.1) is 13.8 Å². The lowest BCUT2D eigenvalue weighted by atomic mass is 10.00. The van der Waals surface area contributed by atoms with Gasteiger partial charge in [0, 0.05) is 12.0 Å². The number of carbonyl (C=O) groups excluding carboxylic acids is 1. The first kappa shape index (κ1) is 12.7. The average molecular weight is 272 g/mol. The van der Waals surface area contributed by atoms with Gasteiger partial charge in [-0.2, -0.15) is 0 Å². The SMILES string of the molecule is Cc1noc(C)c1C(=O)N[C@@H]1CCOc2ccccc21. The van der Waals surface area contributed by atoms with Crippen LogP contribution < -0.4 is 10.1 Å². The number of aromatic nitrogens is 1. The zero-order valence-corrected chi connectivity index (χ0v) is 11.5. The summed E-state index contributed by atoms with van der Waals surface area (Å²) in [5, 5.41) is 6.85. The zero-order valence-electron chi connectivity index (χ0n) is 11.5. The van der Waals surface area contributed by atoms with Gasteiger partial charge < -0.3 is 14.6 Å². The predicted molar refractivity (Wildman–Crippen MR) is 72.7 cm³/mol. The van der Waals surface area contributed by atoms with Crippen molar-refractivity contribution in [1.29, 1.82) is 0 Å². The Balaban J connectivity index is 1.84. The number of amides is 1. The van der Waals surface area contributed by atoms with Gasteiger partial charge >= 0.3 is 0 Å². The minimum absolute atomic E-state index is 0.0406. The van der Waals surface area contributed by atoms with Crippen molar-refractivity contribution in [2.24, 2.45) is 0 Å². The molecule has 0 aliphatic carbocycles. The standard InChI is InChI=1S/C15H16N2O3/c1-9-14(10(2)20-17-9)15(18)16-12-7-8-19-13-6-4-3-5-11(12)13/h3-6,12H,7-8H2,1-2H3,(H,16,18)/t12-/m1/s1. The number of nitrogens with one attached hydrogen (secondary N) is 1. The number of ether oxygens (including phenoxy) is 1. The van der Waals surface area contributed by atoms with Crippen molar-refractivity contribution in [3.8, 4) is 5.75 Å². The molecule has 104 valence electrons. The third kappa shape index (κ3) is 2.15. The van der Waals surface area contributed by atoms with Crippen LogP contribution >= 0.6 is 0 Å². The lowest BCUT2D eigenvalue weighted by molar-refractivity contribution is 0.0922. The third-order valence-electron chi connectivity index (χ3n) is 3.52. The number of rotatable bonds is 2. The van der Waals surface area contributed by atoms with Crippen LogP contribution in [0.4, 0.5) is 0 Å². The van der Waals surface area contributed by atoms with Crippen LogP contribution in [0.3, 0.4) is 0 Å². The quantitative estimate of drug-likeness (QED) is 0.912. The van der Waals surface area contributed by atoms with E-state index in [1.165, 1.54) is 0 Å². The van der Waals surface area contributed by atoms with Crippen LogP contribution in [0.25, 0.3) is 0 Å². The largest absolute Gasteiger partial charge is 0.493 e. The molecule has 1 aliphatic rings. The first-order valence-corrected chi connectivity index (χ1v) is 6.62. The van der Waals surface area contributed by atoms with Crippen molar-refractivity contribution >= 4 is 5.91 Å². The lowest BCUT2D eigenvalue weighted by Gasteiger charge is -2.26. The Morgan fingerprint density at radius 1 is 1.35 bits per heavy atom. The molecule has 1 aliphatic heterocycles. The van der Waals surface area contributed by atoms with Gasteiger partial charge in [0.1, 0.15) is 17.1 Å². The van der Waals surface area contributed by atoms with E-state index in [0.717, 1.165) is 17.7 Å². The molecular formula is C15H16N2O3. The average Bonchev–Trinajstić information content (AvgIpc) is 2.78. The van der Waals surface area contributed by atoms with Gasteiger partial charge in [-0.3, -0.25) is 4.79 Å². The molecule has 0 unspecified atom stereocenters. The van der Waals surface area contributed by atoms with Crippen molar-refractivity contribution in [1.82, 2.24) is 10.5 Å². The highest BCUT2D eigenvalue weighted by Crippen LogP contribution is 2.31. The number of hydrogen-bond acceptors (Lipinski definition) is 4. The molecule has 2 aromatic rings. The molecular weight excluding hydrogens is 256 g/mol. The van der Waals surface area contributed by atoms with E-state index in [-0.39, 0.29) is 11.9 Å². The predicted octanol–water partition coefficient (Wildman–Crippen LogP) is 2.55. The van der Waals surface area contributed by atoms with Crippen molar-refractivity contribution in [3.63, 3.8) is 0 Å². The van der Waals surface area contributed by atoms with E-state index in [0.29, 0.717) is 23.6 Å². The topological polar surface area (TPSA) is 64.4 Å². The maximum absolute atomic E-state index is 12.4. The van der Waals surface area contributed by atoms with E-state index in [4.69, 9.17) is 9.26 Å². The number of nitrogens with zero attached hydrogens (tertiary/aromatic N) is 1. The van der Waals surface area contributed by atoms with Crippen molar-refractivity contribution < 1.29 is 14.1 Å². The summed E-state index contributed by atoms with van der Waals surface area (Å²) in [6, 6.07) is 7.73. The summed E-state index contributed by atoms with van der Waals surface area (Å²) in [6.07, 6.45) is 0.756. The summed E-state index contributed by atoms with van der Waals surface area (Å²) in [6.45, 7) is 4.11. The molecule has 1 aromatic heterocycles. The van der Waals surface area contributed by atoms with Crippen LogP contribution in [0.2, 0.25) is 0 Å². The number of benzene rings is 1. The van der Waals surface area contributed by atoms with E-state index in [1.807, 2.05) is 24.3 Å². The zero-order chi connectivity index (χ0) is 14.1. The smallest absolute Gasteiger partial charge is 0.257 e. The second kappa shape index (κ2) is 5.00. The fourth-order valence-corrected chi connectivity index (χ4v) is 2.53. The summed E-state index contributed by atoms with van der Waals surface area (Å²) in [4.78, 5) is 12.4. The summed E-state index contributed by atoms with van der Waals surface area (Å²) >= 11 is 0. The maximum Gasteiger partial charge on any atom is 0.257 e. The molecule has 1 atom stereocenters. The molecule has 0 bridgehead atoms. The van der Waals surface area contributed by atoms with Crippen molar-refractivity contribution in [2.45, 2.75) is 26.3 Å². The van der Waals surface area contributed by atoms with Gasteiger partial charge in [-0.25, -0.2) is 0 Å². The van der Waals surface area contributed by atoms with E-state index < -0.39 is 0 Å². The summed E-state index contributed by atoms with van der Waals surface area (Å²) in [5.74, 6) is 1.23. The lowest BCUT2D eigenvalue weighted by Crippen LogP contribution is -2.32. The highest BCUT2D eigenvalue weighted by Gasteiger charge is 2.25. The first-order chi connectivity index (χ1) is 9.66. The van der Waals surface area contributed by atoms with Crippen molar-refractivity contribution in [3.05, 3.63) is 46.8 Å². The third-order valence-corrected chi connectivity index (χ3v) is 3.52. The molecule has 0 saturated heterocycles. The van der Waals surface area contributed by atoms with Crippen LogP contribution in [0.1, 0.15) is 39.8 Å². The summed E-state index contributed by atoms with van der Waals surface area (Å²) in [7, 11) is 0. The number of fused-ring (bicyclic) bond motifs is 1. The molecule has 20 heavy (non-hydrogen) atoms. The van der Waals surface area contributed by atoms with Gasteiger partial charge in [0.25, 0.3) is 5.91 Å². The maximum atomic E-state index is 12.4. The van der Waals surface area contributed by atoms with Gasteiger partial charge in [-0.05, 0) is 19.9 Å². The molecule has 0 spiro atoms. The molecule has 1 aromatic carbocycles. The summed E-state index contributed by atoms with van der Waals surface area (Å²) < 4.78 is 10.6. The Kier molecular flexibility index (Phi) is 3.18. The molecule has 2 heterocycles. The normalized spacial score (nSPS) is 17.2. The van der Waals surface area contributed by atoms with Gasteiger partial charge in [0.2, 0.25) is 0 Å². The highest BCUT2D eigenvalue weighted by molar-refractivity contribution is 5.96. The second-order valence-corrected chi connectivity index (χ2v) is 4.90. The monoisotopic (exact) mass is 272 g/mol. The Morgan fingerprint density at radius 2 is 2.15 bits per heavy atom. The first-order valence-electron chi connectivity index (χ1n) is 6.62. The van der Waals surface area contributed by atoms with Crippen LogP contribution in [-0.2, 0) is 0 Å². The Morgan fingerprint density at radius 3 is 2.90 bits per heavy atom. The van der Waals surface area contributed by atoms with Crippen LogP contribution in [0.15, 0.2) is 28.8 Å². The second-order valence-electron chi connectivity index (χ2n) is 4.90. The Bertz CT molecular complexity index is 629. The van der Waals surface area contributed by atoms with Gasteiger partial charge in [0.05, 0.1) is 18.3 Å². The van der Waals surface area contributed by atoms with Crippen LogP contribution in [0.5, 0.6) is 5.75 Å². The fraction of sp³-hybridized carbons (Fsp3) is 0.333. The minimum Gasteiger partial charge on any atom is -0.493 e. The van der Waals surface area contributed by atoms with E-state index in [1.54, 1.807) is 13.8 Å². The Hall–Kier alpha value is -2.30. The molecule has 1 amide bonds. The van der Waals surface area contributed by atoms with Crippen molar-refractivity contribution in [2.75, 3.05) is 6.61 Å². The highest BCUT2D eigenvalue weighted by atomic mass is 16.5. The summed E-state index contributed by atoms with van der Waals surface area (Å²) in [5.41, 5.74) is 2.15. The van der Waals surface area contributed by atoms with Crippen LogP contribution in [-0.4, -0.2) is 17.7 Å². The molecule has 5 heteroatoms. The van der Waals surface area contributed by atoms with E-state index in [9.17, 15) is 4.79 Å². The van der Waals surface area contributed by atoms with E-state index >= 15 is 0 Å². The number of para-hydroxylation sites is 1. The van der Waals surface area contributed by atoms with Gasteiger partial charge in [-0.1, -0.05) is 23.4 Å². The molecule has 5 nitrogen and oxygen atoms in total. The number of carbonyl (C=O) groups is 1. The van der Waals surface area contributed by atoms with Gasteiger partial charge in [0.15, 0.2) is 0 Å². The fourth-order valence-electron chi connectivity index (χ4n) is 2.53. The molecule has 1 N–H and O–H groups in total. The molecule has 0 saturated carbocycles. The number of hydrogen-bond donors (Lipinski definition) is 1. The number of aryl methyl sites for hydroxylation is 2. The molecule has 0 radical (unpaired) electrons. The molecule has 0 fully saturated rings. The van der Waals surface area contributed by atoms with E-state index in [2.05, 4.69) is 10.5 Å². The minimum atomic E-state index is -0.150. The Labute approximate surface area is 116 Å².